The Kier molecular flexibility index (Phi) is 8.22. The SMILES string of the molecule is c1ccc(-c2cccc(N(c3ccc4c5ccccc5c5ccccc5c4c3)c3cc4c(cc3-c3cccc5c3sc3ccccc35)-c3ccccc3C43c4ccccc4-c4ccccc43)c2)cc1. The van der Waals surface area contributed by atoms with Gasteiger partial charge in [0.1, 0.15) is 0 Å². The zero-order valence-electron chi connectivity index (χ0n) is 37.5. The molecule has 12 aromatic carbocycles. The first-order valence-corrected chi connectivity index (χ1v) is 24.7. The average Bonchev–Trinajstić information content (AvgIpc) is 4.05. The van der Waals surface area contributed by atoms with Crippen LogP contribution in [-0.2, 0) is 5.41 Å². The quantitative estimate of drug-likeness (QED) is 0.156. The van der Waals surface area contributed by atoms with E-state index in [1.165, 1.54) is 119 Å². The Labute approximate surface area is 404 Å². The molecule has 0 amide bonds. The van der Waals surface area contributed by atoms with Crippen LogP contribution in [0.15, 0.2) is 249 Å². The first kappa shape index (κ1) is 38.5. The molecule has 0 saturated carbocycles. The molecule has 2 aliphatic carbocycles. The number of thiophene rings is 1. The fraction of sp³-hybridized carbons (Fsp3) is 0.0149. The van der Waals surface area contributed by atoms with Gasteiger partial charge in [-0.3, -0.25) is 0 Å². The second-order valence-corrected chi connectivity index (χ2v) is 19.7. The molecule has 1 aromatic heterocycles. The van der Waals surface area contributed by atoms with Crippen LogP contribution in [0.4, 0.5) is 17.1 Å². The van der Waals surface area contributed by atoms with E-state index in [4.69, 9.17) is 0 Å². The lowest BCUT2D eigenvalue weighted by atomic mass is 9.70. The van der Waals surface area contributed by atoms with E-state index in [0.29, 0.717) is 0 Å². The average molecular weight is 892 g/mol. The molecule has 0 unspecified atom stereocenters. The summed E-state index contributed by atoms with van der Waals surface area (Å²) in [4.78, 5) is 2.57. The second-order valence-electron chi connectivity index (χ2n) is 18.7. The van der Waals surface area contributed by atoms with Gasteiger partial charge >= 0.3 is 0 Å². The summed E-state index contributed by atoms with van der Waals surface area (Å²) < 4.78 is 2.60. The fourth-order valence-electron chi connectivity index (χ4n) is 12.4. The normalized spacial score (nSPS) is 13.0. The monoisotopic (exact) mass is 891 g/mol. The molecular formula is C67H41NS. The predicted molar refractivity (Wildman–Crippen MR) is 294 cm³/mol. The summed E-state index contributed by atoms with van der Waals surface area (Å²) in [6.45, 7) is 0. The van der Waals surface area contributed by atoms with Crippen molar-refractivity contribution >= 4 is 80.9 Å². The molecule has 0 radical (unpaired) electrons. The van der Waals surface area contributed by atoms with E-state index in [2.05, 4.69) is 254 Å². The first-order chi connectivity index (χ1) is 34.2. The van der Waals surface area contributed by atoms with Crippen molar-refractivity contribution in [2.45, 2.75) is 5.41 Å². The van der Waals surface area contributed by atoms with Crippen LogP contribution in [0, 0.1) is 0 Å². The van der Waals surface area contributed by atoms with Crippen LogP contribution in [0.5, 0.6) is 0 Å². The number of hydrogen-bond donors (Lipinski definition) is 0. The van der Waals surface area contributed by atoms with Crippen LogP contribution < -0.4 is 4.90 Å². The van der Waals surface area contributed by atoms with Gasteiger partial charge in [-0.25, -0.2) is 0 Å². The standard InChI is InChI=1S/C67H41NS/c1-2-18-42(19-3-1)43-20-16-21-44(38-43)68(45-36-37-50-48-24-5-4-22-46(48)47-23-6-7-25-49(47)57(50)39-45)64-41-63-58(40-59(64)56-31-17-30-55-54-29-11-15-35-65(54)69-66(55)56)53-28-10-14-34-62(53)67(63)60-32-12-8-26-51(60)52-27-9-13-33-61(52)67/h1-41H. The molecule has 69 heavy (non-hydrogen) atoms. The van der Waals surface area contributed by atoms with Crippen LogP contribution >= 0.6 is 11.3 Å². The number of fused-ring (bicyclic) bond motifs is 19. The van der Waals surface area contributed by atoms with Crippen molar-refractivity contribution in [2.24, 2.45) is 0 Å². The summed E-state index contributed by atoms with van der Waals surface area (Å²) in [5, 5.41) is 10.1. The molecule has 15 rings (SSSR count). The highest BCUT2D eigenvalue weighted by Gasteiger charge is 2.52. The Hall–Kier alpha value is -8.56. The Balaban J connectivity index is 1.10. The van der Waals surface area contributed by atoms with Gasteiger partial charge in [0, 0.05) is 42.7 Å². The van der Waals surface area contributed by atoms with Crippen LogP contribution in [0.3, 0.4) is 0 Å². The highest BCUT2D eigenvalue weighted by molar-refractivity contribution is 7.26. The predicted octanol–water partition coefficient (Wildman–Crippen LogP) is 18.7. The zero-order valence-corrected chi connectivity index (χ0v) is 38.3. The molecule has 320 valence electrons. The molecule has 0 atom stereocenters. The largest absolute Gasteiger partial charge is 0.310 e. The van der Waals surface area contributed by atoms with Gasteiger partial charge in [-0.1, -0.05) is 206 Å². The number of nitrogens with zero attached hydrogens (tertiary/aromatic N) is 1. The van der Waals surface area contributed by atoms with Gasteiger partial charge < -0.3 is 4.90 Å². The smallest absolute Gasteiger partial charge is 0.0726 e. The highest BCUT2D eigenvalue weighted by atomic mass is 32.1. The molecule has 0 N–H and O–H groups in total. The Morgan fingerprint density at radius 1 is 0.275 bits per heavy atom. The van der Waals surface area contributed by atoms with Gasteiger partial charge in [0.25, 0.3) is 0 Å². The van der Waals surface area contributed by atoms with Gasteiger partial charge in [-0.2, -0.15) is 0 Å². The molecule has 13 aromatic rings. The van der Waals surface area contributed by atoms with Crippen molar-refractivity contribution in [3.63, 3.8) is 0 Å². The molecule has 0 aliphatic heterocycles. The molecule has 0 saturated heterocycles. The maximum Gasteiger partial charge on any atom is 0.0726 e. The van der Waals surface area contributed by atoms with Gasteiger partial charge in [0.2, 0.25) is 0 Å². The Morgan fingerprint density at radius 3 is 1.45 bits per heavy atom. The number of rotatable bonds is 5. The summed E-state index contributed by atoms with van der Waals surface area (Å²) in [5.74, 6) is 0. The van der Waals surface area contributed by atoms with Crippen LogP contribution in [0.25, 0.3) is 97.0 Å². The lowest BCUT2D eigenvalue weighted by Crippen LogP contribution is -2.26. The Bertz CT molecular complexity index is 4190. The van der Waals surface area contributed by atoms with Gasteiger partial charge in [-0.05, 0) is 130 Å². The van der Waals surface area contributed by atoms with E-state index in [1.807, 2.05) is 11.3 Å². The van der Waals surface area contributed by atoms with Crippen molar-refractivity contribution in [1.29, 1.82) is 0 Å². The molecule has 1 spiro atoms. The van der Waals surface area contributed by atoms with Crippen molar-refractivity contribution < 1.29 is 0 Å². The van der Waals surface area contributed by atoms with Crippen molar-refractivity contribution in [3.8, 4) is 44.5 Å². The summed E-state index contributed by atoms with van der Waals surface area (Å²) in [7, 11) is 0. The van der Waals surface area contributed by atoms with E-state index < -0.39 is 5.41 Å². The molecule has 1 heterocycles. The van der Waals surface area contributed by atoms with E-state index in [9.17, 15) is 0 Å². The minimum atomic E-state index is -0.522. The number of benzene rings is 12. The minimum absolute atomic E-state index is 0.522. The summed E-state index contributed by atoms with van der Waals surface area (Å²) >= 11 is 1.90. The highest BCUT2D eigenvalue weighted by Crippen LogP contribution is 2.64. The van der Waals surface area contributed by atoms with Crippen molar-refractivity contribution in [3.05, 3.63) is 271 Å². The molecule has 2 aliphatic rings. The second kappa shape index (κ2) is 14.7. The van der Waals surface area contributed by atoms with Crippen LogP contribution in [0.1, 0.15) is 22.3 Å². The molecule has 0 fully saturated rings. The van der Waals surface area contributed by atoms with Gasteiger partial charge in [-0.15, -0.1) is 11.3 Å². The molecular weight excluding hydrogens is 851 g/mol. The van der Waals surface area contributed by atoms with E-state index >= 15 is 0 Å². The van der Waals surface area contributed by atoms with E-state index in [1.54, 1.807) is 0 Å². The van der Waals surface area contributed by atoms with Crippen molar-refractivity contribution in [2.75, 3.05) is 4.90 Å². The molecule has 2 heteroatoms. The zero-order chi connectivity index (χ0) is 45.2. The molecule has 1 nitrogen and oxygen atoms in total. The third kappa shape index (κ3) is 5.41. The van der Waals surface area contributed by atoms with E-state index in [0.717, 1.165) is 17.1 Å². The van der Waals surface area contributed by atoms with Crippen molar-refractivity contribution in [1.82, 2.24) is 0 Å². The number of anilines is 3. The molecule has 0 bridgehead atoms. The van der Waals surface area contributed by atoms with E-state index in [-0.39, 0.29) is 0 Å². The maximum absolute atomic E-state index is 2.59. The lowest BCUT2D eigenvalue weighted by Gasteiger charge is -2.33. The third-order valence-electron chi connectivity index (χ3n) is 15.2. The number of hydrogen-bond acceptors (Lipinski definition) is 2. The Morgan fingerprint density at radius 2 is 0.768 bits per heavy atom. The minimum Gasteiger partial charge on any atom is -0.310 e. The summed E-state index contributed by atoms with van der Waals surface area (Å²) in [5.41, 5.74) is 18.1. The van der Waals surface area contributed by atoms with Gasteiger partial charge in [0.15, 0.2) is 0 Å². The maximum atomic E-state index is 2.59. The summed E-state index contributed by atoms with van der Waals surface area (Å²) in [6, 6.07) is 93.4. The fourth-order valence-corrected chi connectivity index (χ4v) is 13.6. The topological polar surface area (TPSA) is 3.24 Å². The van der Waals surface area contributed by atoms with Gasteiger partial charge in [0.05, 0.1) is 11.1 Å². The summed E-state index contributed by atoms with van der Waals surface area (Å²) in [6.07, 6.45) is 0. The van der Waals surface area contributed by atoms with Crippen LogP contribution in [0.2, 0.25) is 0 Å². The lowest BCUT2D eigenvalue weighted by molar-refractivity contribution is 0.794. The third-order valence-corrected chi connectivity index (χ3v) is 16.5. The van der Waals surface area contributed by atoms with Crippen LogP contribution in [-0.4, -0.2) is 0 Å². The first-order valence-electron chi connectivity index (χ1n) is 23.9.